The minimum absolute atomic E-state index is 0.158. The Labute approximate surface area is 109 Å². The van der Waals surface area contributed by atoms with Crippen molar-refractivity contribution in [2.75, 3.05) is 18.7 Å². The van der Waals surface area contributed by atoms with Crippen LogP contribution >= 0.6 is 11.8 Å². The third-order valence-electron chi connectivity index (χ3n) is 2.80. The summed E-state index contributed by atoms with van der Waals surface area (Å²) in [6.07, 6.45) is 0. The lowest BCUT2D eigenvalue weighted by Gasteiger charge is -2.03. The van der Waals surface area contributed by atoms with Crippen molar-refractivity contribution in [2.24, 2.45) is 0 Å². The zero-order chi connectivity index (χ0) is 12.4. The molecule has 18 heavy (non-hydrogen) atoms. The summed E-state index contributed by atoms with van der Waals surface area (Å²) in [4.78, 5) is 4.44. The molecule has 0 amide bonds. The first-order valence-electron chi connectivity index (χ1n) is 5.66. The Hall–Kier alpha value is -1.53. The standard InChI is InChI=1S/C12H13N3O2S/c1-16-10-5-3-2-4-8(10)11-14-12(17-15-11)9-6-18-7-13-9/h2-5,9,13H,6-7H2,1H3/t9-/m1/s1. The van der Waals surface area contributed by atoms with E-state index in [1.165, 1.54) is 0 Å². The molecule has 1 aromatic carbocycles. The van der Waals surface area contributed by atoms with Crippen LogP contribution in [0.3, 0.4) is 0 Å². The maximum absolute atomic E-state index is 5.31. The fourth-order valence-electron chi connectivity index (χ4n) is 1.87. The molecule has 0 aliphatic carbocycles. The number of hydrogen-bond donors (Lipinski definition) is 1. The molecule has 0 spiro atoms. The minimum Gasteiger partial charge on any atom is -0.496 e. The molecule has 1 aliphatic heterocycles. The largest absolute Gasteiger partial charge is 0.496 e. The summed E-state index contributed by atoms with van der Waals surface area (Å²) < 4.78 is 10.6. The van der Waals surface area contributed by atoms with Crippen molar-refractivity contribution in [2.45, 2.75) is 6.04 Å². The predicted octanol–water partition coefficient (Wildman–Crippen LogP) is 2.08. The van der Waals surface area contributed by atoms with Gasteiger partial charge in [-0.1, -0.05) is 17.3 Å². The van der Waals surface area contributed by atoms with E-state index in [1.807, 2.05) is 36.0 Å². The monoisotopic (exact) mass is 263 g/mol. The van der Waals surface area contributed by atoms with Gasteiger partial charge < -0.3 is 9.26 Å². The van der Waals surface area contributed by atoms with E-state index in [0.29, 0.717) is 11.7 Å². The molecule has 1 aliphatic rings. The third kappa shape index (κ3) is 2.09. The minimum atomic E-state index is 0.158. The third-order valence-corrected chi connectivity index (χ3v) is 3.74. The number of aromatic nitrogens is 2. The molecule has 1 atom stereocenters. The van der Waals surface area contributed by atoms with Crippen molar-refractivity contribution in [3.05, 3.63) is 30.2 Å². The van der Waals surface area contributed by atoms with Gasteiger partial charge in [-0.15, -0.1) is 11.8 Å². The molecular formula is C12H13N3O2S. The van der Waals surface area contributed by atoms with Gasteiger partial charge in [0.15, 0.2) is 0 Å². The fraction of sp³-hybridized carbons (Fsp3) is 0.333. The summed E-state index contributed by atoms with van der Waals surface area (Å²) in [7, 11) is 1.63. The highest BCUT2D eigenvalue weighted by atomic mass is 32.2. The second kappa shape index (κ2) is 4.99. The van der Waals surface area contributed by atoms with Gasteiger partial charge in [0.1, 0.15) is 5.75 Å². The van der Waals surface area contributed by atoms with Gasteiger partial charge in [0.05, 0.1) is 18.7 Å². The van der Waals surface area contributed by atoms with Crippen molar-refractivity contribution < 1.29 is 9.26 Å². The number of rotatable bonds is 3. The van der Waals surface area contributed by atoms with Gasteiger partial charge in [0.2, 0.25) is 11.7 Å². The summed E-state index contributed by atoms with van der Waals surface area (Å²) in [5, 5.41) is 7.33. The van der Waals surface area contributed by atoms with Crippen LogP contribution in [0.25, 0.3) is 11.4 Å². The van der Waals surface area contributed by atoms with Crippen molar-refractivity contribution in [1.82, 2.24) is 15.5 Å². The molecular weight excluding hydrogens is 250 g/mol. The van der Waals surface area contributed by atoms with E-state index in [4.69, 9.17) is 9.26 Å². The topological polar surface area (TPSA) is 60.2 Å². The molecule has 1 fully saturated rings. The first-order valence-corrected chi connectivity index (χ1v) is 6.82. The Kier molecular flexibility index (Phi) is 3.21. The molecule has 0 unspecified atom stereocenters. The van der Waals surface area contributed by atoms with Crippen LogP contribution in [0, 0.1) is 0 Å². The van der Waals surface area contributed by atoms with Gasteiger partial charge in [-0.05, 0) is 12.1 Å². The number of thioether (sulfide) groups is 1. The second-order valence-electron chi connectivity index (χ2n) is 3.93. The Bertz CT molecular complexity index is 538. The number of methoxy groups -OCH3 is 1. The normalized spacial score (nSPS) is 19.1. The van der Waals surface area contributed by atoms with Crippen LogP contribution in [0.2, 0.25) is 0 Å². The molecule has 1 saturated heterocycles. The summed E-state index contributed by atoms with van der Waals surface area (Å²) in [6, 6.07) is 7.81. The maximum Gasteiger partial charge on any atom is 0.244 e. The molecule has 5 nitrogen and oxygen atoms in total. The predicted molar refractivity (Wildman–Crippen MR) is 69.5 cm³/mol. The highest BCUT2D eigenvalue weighted by molar-refractivity contribution is 7.99. The first kappa shape index (κ1) is 11.6. The molecule has 94 valence electrons. The van der Waals surface area contributed by atoms with Crippen molar-refractivity contribution in [1.29, 1.82) is 0 Å². The number of ether oxygens (including phenoxy) is 1. The Morgan fingerprint density at radius 1 is 1.44 bits per heavy atom. The lowest BCUT2D eigenvalue weighted by Crippen LogP contribution is -2.14. The zero-order valence-corrected chi connectivity index (χ0v) is 10.7. The van der Waals surface area contributed by atoms with E-state index in [2.05, 4.69) is 15.5 Å². The summed E-state index contributed by atoms with van der Waals surface area (Å²) >= 11 is 1.83. The molecule has 0 radical (unpaired) electrons. The number of hydrogen-bond acceptors (Lipinski definition) is 6. The van der Waals surface area contributed by atoms with E-state index in [1.54, 1.807) is 7.11 Å². The van der Waals surface area contributed by atoms with E-state index < -0.39 is 0 Å². The van der Waals surface area contributed by atoms with Crippen molar-refractivity contribution >= 4 is 11.8 Å². The SMILES string of the molecule is COc1ccccc1-c1noc([C@H]2CSCN2)n1. The molecule has 1 aromatic heterocycles. The van der Waals surface area contributed by atoms with Gasteiger partial charge in [0.25, 0.3) is 0 Å². The Morgan fingerprint density at radius 2 is 2.33 bits per heavy atom. The number of benzene rings is 1. The summed E-state index contributed by atoms with van der Waals surface area (Å²) in [5.74, 6) is 3.85. The summed E-state index contributed by atoms with van der Waals surface area (Å²) in [6.45, 7) is 0. The van der Waals surface area contributed by atoms with Crippen LogP contribution in [0.15, 0.2) is 28.8 Å². The molecule has 2 heterocycles. The van der Waals surface area contributed by atoms with Gasteiger partial charge in [-0.3, -0.25) is 5.32 Å². The number of nitrogens with zero attached hydrogens (tertiary/aromatic N) is 2. The Balaban J connectivity index is 1.92. The molecule has 6 heteroatoms. The van der Waals surface area contributed by atoms with Crippen LogP contribution < -0.4 is 10.1 Å². The van der Waals surface area contributed by atoms with E-state index in [-0.39, 0.29) is 6.04 Å². The van der Waals surface area contributed by atoms with Crippen molar-refractivity contribution in [3.8, 4) is 17.1 Å². The molecule has 3 rings (SSSR count). The van der Waals surface area contributed by atoms with E-state index >= 15 is 0 Å². The van der Waals surface area contributed by atoms with Crippen LogP contribution in [-0.4, -0.2) is 28.9 Å². The smallest absolute Gasteiger partial charge is 0.244 e. The molecule has 1 N–H and O–H groups in total. The van der Waals surface area contributed by atoms with Gasteiger partial charge in [-0.25, -0.2) is 0 Å². The molecule has 2 aromatic rings. The lowest BCUT2D eigenvalue weighted by atomic mass is 10.2. The lowest BCUT2D eigenvalue weighted by molar-refractivity contribution is 0.351. The number of para-hydroxylation sites is 1. The first-order chi connectivity index (χ1) is 8.88. The van der Waals surface area contributed by atoms with Crippen molar-refractivity contribution in [3.63, 3.8) is 0 Å². The Morgan fingerprint density at radius 3 is 3.11 bits per heavy atom. The highest BCUT2D eigenvalue weighted by Crippen LogP contribution is 2.29. The quantitative estimate of drug-likeness (QED) is 0.915. The fourth-order valence-corrected chi connectivity index (χ4v) is 2.80. The van der Waals surface area contributed by atoms with Gasteiger partial charge >= 0.3 is 0 Å². The average Bonchev–Trinajstić information content (AvgIpc) is 3.09. The van der Waals surface area contributed by atoms with Gasteiger partial charge in [-0.2, -0.15) is 4.98 Å². The molecule has 0 saturated carbocycles. The maximum atomic E-state index is 5.31. The van der Waals surface area contributed by atoms with Crippen LogP contribution in [0.5, 0.6) is 5.75 Å². The highest BCUT2D eigenvalue weighted by Gasteiger charge is 2.23. The van der Waals surface area contributed by atoms with E-state index in [0.717, 1.165) is 22.9 Å². The molecule has 0 bridgehead atoms. The van der Waals surface area contributed by atoms with Crippen LogP contribution in [0.4, 0.5) is 0 Å². The zero-order valence-electron chi connectivity index (χ0n) is 9.92. The average molecular weight is 263 g/mol. The van der Waals surface area contributed by atoms with Gasteiger partial charge in [0, 0.05) is 11.6 Å². The summed E-state index contributed by atoms with van der Waals surface area (Å²) in [5.41, 5.74) is 0.848. The second-order valence-corrected chi connectivity index (χ2v) is 4.96. The number of nitrogens with one attached hydrogen (secondary N) is 1. The van der Waals surface area contributed by atoms with E-state index in [9.17, 15) is 0 Å². The van der Waals surface area contributed by atoms with Crippen LogP contribution in [-0.2, 0) is 0 Å². The van der Waals surface area contributed by atoms with Crippen LogP contribution in [0.1, 0.15) is 11.9 Å².